The third-order valence-electron chi connectivity index (χ3n) is 3.59. The molecule has 1 N–H and O–H groups in total. The van der Waals surface area contributed by atoms with E-state index < -0.39 is 29.9 Å². The smallest absolute Gasteiger partial charge is 0.498 e. The van der Waals surface area contributed by atoms with Crippen molar-refractivity contribution in [1.29, 1.82) is 0 Å². The van der Waals surface area contributed by atoms with Crippen molar-refractivity contribution in [2.75, 3.05) is 7.11 Å². The molecule has 102 valence electrons. The highest BCUT2D eigenvalue weighted by atomic mass is 19.1. The monoisotopic (exact) mass is 267 g/mol. The summed E-state index contributed by atoms with van der Waals surface area (Å²) in [5, 5.41) is 9.48. The van der Waals surface area contributed by atoms with Gasteiger partial charge in [-0.3, -0.25) is 0 Å². The molecule has 4 nitrogen and oxygen atoms in total. The van der Waals surface area contributed by atoms with Crippen LogP contribution >= 0.6 is 0 Å². The summed E-state index contributed by atoms with van der Waals surface area (Å²) in [6, 6.07) is 2.65. The molecule has 1 aromatic rings. The minimum atomic E-state index is -0.781. The van der Waals surface area contributed by atoms with Crippen LogP contribution in [0.4, 0.5) is 4.39 Å². The van der Waals surface area contributed by atoms with Crippen LogP contribution in [0.15, 0.2) is 12.1 Å². The molecule has 1 fully saturated rings. The van der Waals surface area contributed by atoms with Crippen LogP contribution in [-0.4, -0.2) is 30.5 Å². The standard InChI is InChI=1S/C13H16BFO4/c1-12(2)13(3,4)19-14(18-12)8-6-9(15)11(16)10(7-8)17-5/h6-7H,1H2,2-5H3/p+1. The van der Waals surface area contributed by atoms with Crippen LogP contribution in [0.3, 0.4) is 0 Å². The van der Waals surface area contributed by atoms with Gasteiger partial charge in [-0.15, -0.1) is 0 Å². The topological polar surface area (TPSA) is 47.9 Å². The average molecular weight is 267 g/mol. The number of aromatic hydroxyl groups is 1. The van der Waals surface area contributed by atoms with Gasteiger partial charge in [0, 0.05) is 6.92 Å². The van der Waals surface area contributed by atoms with Crippen LogP contribution in [0.25, 0.3) is 0 Å². The van der Waals surface area contributed by atoms with Crippen molar-refractivity contribution in [2.24, 2.45) is 0 Å². The Balaban J connectivity index is 2.37. The molecule has 1 aliphatic rings. The van der Waals surface area contributed by atoms with Gasteiger partial charge in [0.1, 0.15) is 5.60 Å². The molecule has 1 saturated heterocycles. The third kappa shape index (κ3) is 2.26. The highest BCUT2D eigenvalue weighted by molar-refractivity contribution is 6.62. The summed E-state index contributed by atoms with van der Waals surface area (Å²) in [6.07, 6.45) is 0. The molecule has 0 spiro atoms. The van der Waals surface area contributed by atoms with E-state index in [1.54, 1.807) is 6.92 Å². The number of phenolic OH excluding ortho intramolecular Hbond substituents is 1. The predicted octanol–water partition coefficient (Wildman–Crippen LogP) is 1.65. The number of benzene rings is 1. The summed E-state index contributed by atoms with van der Waals surface area (Å²) in [6.45, 7) is 9.48. The summed E-state index contributed by atoms with van der Waals surface area (Å²) in [5.74, 6) is -1.27. The molecular formula is C13H17BFO4+. The van der Waals surface area contributed by atoms with Crippen LogP contribution in [0.1, 0.15) is 20.8 Å². The maximum Gasteiger partial charge on any atom is 0.498 e. The van der Waals surface area contributed by atoms with Gasteiger partial charge in [-0.25, -0.2) is 4.39 Å². The molecule has 0 amide bonds. The zero-order valence-corrected chi connectivity index (χ0v) is 11.5. The lowest BCUT2D eigenvalue weighted by atomic mass is 9.79. The molecule has 1 aliphatic heterocycles. The van der Waals surface area contributed by atoms with Crippen molar-refractivity contribution < 1.29 is 23.5 Å². The Morgan fingerprint density at radius 1 is 1.32 bits per heavy atom. The minimum Gasteiger partial charge on any atom is -0.502 e. The van der Waals surface area contributed by atoms with Crippen molar-refractivity contribution in [2.45, 2.75) is 32.0 Å². The number of rotatable bonds is 2. The molecule has 0 saturated carbocycles. The molecular weight excluding hydrogens is 250 g/mol. The highest BCUT2D eigenvalue weighted by Gasteiger charge is 2.57. The first-order chi connectivity index (χ1) is 8.68. The van der Waals surface area contributed by atoms with Crippen LogP contribution in [0.2, 0.25) is 0 Å². The Morgan fingerprint density at radius 2 is 1.95 bits per heavy atom. The fourth-order valence-electron chi connectivity index (χ4n) is 1.82. The number of halogens is 1. The van der Waals surface area contributed by atoms with E-state index in [0.717, 1.165) is 0 Å². The SMILES string of the molecule is [CH2+]C1(C)OB(c2cc(F)c(O)c(OC)c2)OC1(C)C. The molecule has 0 radical (unpaired) electrons. The lowest BCUT2D eigenvalue weighted by Gasteiger charge is -2.25. The number of hydrogen-bond donors (Lipinski definition) is 1. The fourth-order valence-corrected chi connectivity index (χ4v) is 1.82. The maximum absolute atomic E-state index is 13.6. The van der Waals surface area contributed by atoms with E-state index in [0.29, 0.717) is 5.46 Å². The number of ether oxygens (including phenoxy) is 1. The second-order valence-corrected chi connectivity index (χ2v) is 5.36. The van der Waals surface area contributed by atoms with E-state index in [-0.39, 0.29) is 5.75 Å². The van der Waals surface area contributed by atoms with Crippen molar-refractivity contribution in [1.82, 2.24) is 0 Å². The molecule has 1 atom stereocenters. The van der Waals surface area contributed by atoms with Crippen molar-refractivity contribution >= 4 is 12.6 Å². The summed E-state index contributed by atoms with van der Waals surface area (Å²) in [4.78, 5) is 0. The Morgan fingerprint density at radius 3 is 2.42 bits per heavy atom. The minimum absolute atomic E-state index is 0.0395. The first-order valence-electron chi connectivity index (χ1n) is 5.95. The van der Waals surface area contributed by atoms with Crippen molar-refractivity contribution in [3.63, 3.8) is 0 Å². The van der Waals surface area contributed by atoms with E-state index in [2.05, 4.69) is 6.92 Å². The number of methoxy groups -OCH3 is 1. The third-order valence-corrected chi connectivity index (χ3v) is 3.59. The fraction of sp³-hybridized carbons (Fsp3) is 0.462. The van der Waals surface area contributed by atoms with Crippen LogP contribution in [0.5, 0.6) is 11.5 Å². The highest BCUT2D eigenvalue weighted by Crippen LogP contribution is 2.37. The van der Waals surface area contributed by atoms with Gasteiger partial charge in [0.05, 0.1) is 14.0 Å². The normalized spacial score (nSPS) is 25.6. The number of phenols is 1. The quantitative estimate of drug-likeness (QED) is 0.653. The van der Waals surface area contributed by atoms with Crippen LogP contribution in [0, 0.1) is 12.7 Å². The molecule has 1 aromatic carbocycles. The van der Waals surface area contributed by atoms with E-state index in [9.17, 15) is 9.50 Å². The molecule has 19 heavy (non-hydrogen) atoms. The first-order valence-corrected chi connectivity index (χ1v) is 5.95. The van der Waals surface area contributed by atoms with Crippen LogP contribution in [-0.2, 0) is 9.31 Å². The van der Waals surface area contributed by atoms with Gasteiger partial charge in [0.2, 0.25) is 5.60 Å². The summed E-state index contributed by atoms with van der Waals surface area (Å²) in [7, 11) is 0.603. The van der Waals surface area contributed by atoms with E-state index in [1.165, 1.54) is 19.2 Å². The summed E-state index contributed by atoms with van der Waals surface area (Å²) in [5.41, 5.74) is -0.925. The van der Waals surface area contributed by atoms with Gasteiger partial charge in [0.15, 0.2) is 17.3 Å². The molecule has 1 heterocycles. The van der Waals surface area contributed by atoms with Gasteiger partial charge in [0.25, 0.3) is 0 Å². The van der Waals surface area contributed by atoms with Crippen molar-refractivity contribution in [3.8, 4) is 11.5 Å². The Hall–Kier alpha value is -1.40. The summed E-state index contributed by atoms with van der Waals surface area (Å²) < 4.78 is 30.0. The van der Waals surface area contributed by atoms with Gasteiger partial charge < -0.3 is 19.2 Å². The van der Waals surface area contributed by atoms with Crippen molar-refractivity contribution in [3.05, 3.63) is 24.9 Å². The second kappa shape index (κ2) is 4.32. The lowest BCUT2D eigenvalue weighted by molar-refractivity contribution is 0.0262. The number of hydrogen-bond acceptors (Lipinski definition) is 4. The van der Waals surface area contributed by atoms with E-state index >= 15 is 0 Å². The molecule has 0 aromatic heterocycles. The molecule has 2 rings (SSSR count). The Bertz CT molecular complexity index is 486. The zero-order valence-electron chi connectivity index (χ0n) is 11.5. The Kier molecular flexibility index (Phi) is 3.19. The largest absolute Gasteiger partial charge is 0.502 e. The average Bonchev–Trinajstić information content (AvgIpc) is 2.52. The predicted molar refractivity (Wildman–Crippen MR) is 70.0 cm³/mol. The first kappa shape index (κ1) is 14.0. The molecule has 1 unspecified atom stereocenters. The van der Waals surface area contributed by atoms with Gasteiger partial charge in [-0.2, -0.15) is 0 Å². The van der Waals surface area contributed by atoms with E-state index in [1.807, 2.05) is 13.8 Å². The zero-order chi connectivity index (χ0) is 14.4. The van der Waals surface area contributed by atoms with Gasteiger partial charge >= 0.3 is 7.12 Å². The van der Waals surface area contributed by atoms with Gasteiger partial charge in [-0.1, -0.05) is 0 Å². The maximum atomic E-state index is 13.6. The van der Waals surface area contributed by atoms with Gasteiger partial charge in [-0.05, 0) is 31.4 Å². The Labute approximate surface area is 112 Å². The van der Waals surface area contributed by atoms with E-state index in [4.69, 9.17) is 14.0 Å². The van der Waals surface area contributed by atoms with Crippen LogP contribution < -0.4 is 10.2 Å². The second-order valence-electron chi connectivity index (χ2n) is 5.36. The molecule has 0 aliphatic carbocycles. The lowest BCUT2D eigenvalue weighted by Crippen LogP contribution is -2.42. The molecule has 6 heteroatoms. The summed E-state index contributed by atoms with van der Waals surface area (Å²) >= 11 is 0. The molecule has 0 bridgehead atoms.